The van der Waals surface area contributed by atoms with Crippen molar-refractivity contribution in [1.82, 2.24) is 5.32 Å². The fourth-order valence-corrected chi connectivity index (χ4v) is 2.22. The van der Waals surface area contributed by atoms with E-state index >= 15 is 0 Å². The van der Waals surface area contributed by atoms with Gasteiger partial charge >= 0.3 is 6.09 Å². The summed E-state index contributed by atoms with van der Waals surface area (Å²) in [6.45, 7) is 10.4. The normalized spacial score (nSPS) is 12.0. The van der Waals surface area contributed by atoms with E-state index in [1.54, 1.807) is 0 Å². The number of amides is 1. The van der Waals surface area contributed by atoms with Gasteiger partial charge in [-0.05, 0) is 44.7 Å². The van der Waals surface area contributed by atoms with Crippen LogP contribution >= 0.6 is 0 Å². The van der Waals surface area contributed by atoms with E-state index < -0.39 is 11.7 Å². The number of alkyl carbamates (subject to hydrolysis) is 1. The minimum atomic E-state index is -0.506. The number of nitrogens with one attached hydrogen (secondary N) is 2. The number of hydrogen-bond donors (Lipinski definition) is 3. The van der Waals surface area contributed by atoms with Crippen LogP contribution in [-0.2, 0) is 17.6 Å². The molecular formula is C18H30N4O2. The zero-order valence-electron chi connectivity index (χ0n) is 15.4. The van der Waals surface area contributed by atoms with Crippen LogP contribution in [-0.4, -0.2) is 30.7 Å². The first-order valence-corrected chi connectivity index (χ1v) is 8.41. The molecule has 0 aliphatic carbocycles. The highest BCUT2D eigenvalue weighted by Gasteiger charge is 2.15. The number of rotatable bonds is 6. The zero-order chi connectivity index (χ0) is 18.2. The van der Waals surface area contributed by atoms with Crippen molar-refractivity contribution in [1.29, 1.82) is 0 Å². The number of carbonyl (C=O) groups excluding carboxylic acids is 1. The molecule has 6 heteroatoms. The molecule has 0 radical (unpaired) electrons. The van der Waals surface area contributed by atoms with E-state index in [1.165, 1.54) is 11.1 Å². The van der Waals surface area contributed by atoms with Gasteiger partial charge in [-0.1, -0.05) is 32.0 Å². The van der Waals surface area contributed by atoms with Gasteiger partial charge in [-0.25, -0.2) is 4.79 Å². The molecule has 0 unspecified atom stereocenters. The fourth-order valence-electron chi connectivity index (χ4n) is 2.22. The molecule has 1 aromatic rings. The molecule has 0 fully saturated rings. The molecule has 0 bridgehead atoms. The Kier molecular flexibility index (Phi) is 7.55. The number of guanidine groups is 1. The maximum atomic E-state index is 11.5. The lowest BCUT2D eigenvalue weighted by Gasteiger charge is -2.19. The van der Waals surface area contributed by atoms with Crippen LogP contribution < -0.4 is 16.4 Å². The third-order valence-electron chi connectivity index (χ3n) is 3.31. The van der Waals surface area contributed by atoms with Gasteiger partial charge in [0.2, 0.25) is 0 Å². The van der Waals surface area contributed by atoms with Crippen molar-refractivity contribution < 1.29 is 9.53 Å². The molecule has 134 valence electrons. The van der Waals surface area contributed by atoms with Gasteiger partial charge in [-0.3, -0.25) is 4.99 Å². The van der Waals surface area contributed by atoms with Crippen LogP contribution in [0.1, 0.15) is 45.7 Å². The highest BCUT2D eigenvalue weighted by atomic mass is 16.6. The summed E-state index contributed by atoms with van der Waals surface area (Å²) in [7, 11) is 0. The SMILES string of the molecule is CCc1cccc(CC)c1NC(N)=NCCNC(=O)OC(C)(C)C. The van der Waals surface area contributed by atoms with E-state index in [2.05, 4.69) is 47.7 Å². The predicted molar refractivity (Wildman–Crippen MR) is 99.5 cm³/mol. The number of nitrogens with zero attached hydrogens (tertiary/aromatic N) is 1. The Morgan fingerprint density at radius 3 is 2.29 bits per heavy atom. The van der Waals surface area contributed by atoms with E-state index in [0.717, 1.165) is 18.5 Å². The van der Waals surface area contributed by atoms with Crippen molar-refractivity contribution in [3.8, 4) is 0 Å². The first-order chi connectivity index (χ1) is 11.3. The first kappa shape index (κ1) is 19.8. The summed E-state index contributed by atoms with van der Waals surface area (Å²) >= 11 is 0. The standard InChI is InChI=1S/C18H30N4O2/c1-6-13-9-8-10-14(7-2)15(13)22-16(19)20-11-12-21-17(23)24-18(3,4)5/h8-10H,6-7,11-12H2,1-5H3,(H,21,23)(H3,19,20,22). The summed E-state index contributed by atoms with van der Waals surface area (Å²) in [6.07, 6.45) is 1.39. The Balaban J connectivity index is 2.55. The Morgan fingerprint density at radius 2 is 1.79 bits per heavy atom. The van der Waals surface area contributed by atoms with Crippen molar-refractivity contribution >= 4 is 17.7 Å². The van der Waals surface area contributed by atoms with Crippen LogP contribution in [0.4, 0.5) is 10.5 Å². The second-order valence-electron chi connectivity index (χ2n) is 6.48. The van der Waals surface area contributed by atoms with Crippen LogP contribution in [0.3, 0.4) is 0 Å². The van der Waals surface area contributed by atoms with E-state index in [-0.39, 0.29) is 0 Å². The monoisotopic (exact) mass is 334 g/mol. The van der Waals surface area contributed by atoms with Gasteiger partial charge in [-0.2, -0.15) is 0 Å². The number of ether oxygens (including phenoxy) is 1. The van der Waals surface area contributed by atoms with Gasteiger partial charge in [-0.15, -0.1) is 0 Å². The molecule has 0 aromatic heterocycles. The number of aliphatic imine (C=N–C) groups is 1. The minimum absolute atomic E-state index is 0.344. The molecule has 24 heavy (non-hydrogen) atoms. The highest BCUT2D eigenvalue weighted by Crippen LogP contribution is 2.22. The van der Waals surface area contributed by atoms with Crippen LogP contribution in [0.25, 0.3) is 0 Å². The van der Waals surface area contributed by atoms with Crippen LogP contribution in [0.15, 0.2) is 23.2 Å². The Bertz CT molecular complexity index is 555. The van der Waals surface area contributed by atoms with E-state index in [0.29, 0.717) is 19.0 Å². The smallest absolute Gasteiger partial charge is 0.407 e. The number of carbonyl (C=O) groups is 1. The lowest BCUT2D eigenvalue weighted by molar-refractivity contribution is 0.0529. The summed E-state index contributed by atoms with van der Waals surface area (Å²) in [5, 5.41) is 5.84. The molecule has 4 N–H and O–H groups in total. The van der Waals surface area contributed by atoms with Crippen LogP contribution in [0.2, 0.25) is 0 Å². The van der Waals surface area contributed by atoms with Crippen molar-refractivity contribution in [3.63, 3.8) is 0 Å². The highest BCUT2D eigenvalue weighted by molar-refractivity contribution is 5.93. The summed E-state index contributed by atoms with van der Waals surface area (Å²) in [5.41, 5.74) is 8.91. The minimum Gasteiger partial charge on any atom is -0.444 e. The molecular weight excluding hydrogens is 304 g/mol. The summed E-state index contributed by atoms with van der Waals surface area (Å²) in [6, 6.07) is 6.22. The second-order valence-corrected chi connectivity index (χ2v) is 6.48. The topological polar surface area (TPSA) is 88.7 Å². The van der Waals surface area contributed by atoms with E-state index in [1.807, 2.05) is 20.8 Å². The molecule has 0 atom stereocenters. The molecule has 6 nitrogen and oxygen atoms in total. The third kappa shape index (κ3) is 6.89. The Hall–Kier alpha value is -2.24. The van der Waals surface area contributed by atoms with Crippen molar-refractivity contribution in [2.45, 2.75) is 53.1 Å². The van der Waals surface area contributed by atoms with Gasteiger partial charge < -0.3 is 21.1 Å². The number of hydrogen-bond acceptors (Lipinski definition) is 3. The second kappa shape index (κ2) is 9.15. The number of aryl methyl sites for hydroxylation is 2. The molecule has 1 amide bonds. The lowest BCUT2D eigenvalue weighted by atomic mass is 10.0. The molecule has 1 rings (SSSR count). The fraction of sp³-hybridized carbons (Fsp3) is 0.556. The van der Waals surface area contributed by atoms with Gasteiger partial charge in [0, 0.05) is 12.2 Å². The quantitative estimate of drug-likeness (QED) is 0.424. The lowest BCUT2D eigenvalue weighted by Crippen LogP contribution is -2.34. The number of para-hydroxylation sites is 1. The summed E-state index contributed by atoms with van der Waals surface area (Å²) < 4.78 is 5.16. The van der Waals surface area contributed by atoms with E-state index in [9.17, 15) is 4.79 Å². The molecule has 0 saturated heterocycles. The maximum absolute atomic E-state index is 11.5. The summed E-state index contributed by atoms with van der Waals surface area (Å²) in [4.78, 5) is 15.8. The maximum Gasteiger partial charge on any atom is 0.407 e. The molecule has 1 aromatic carbocycles. The number of anilines is 1. The third-order valence-corrected chi connectivity index (χ3v) is 3.31. The Labute approximate surface area is 144 Å². The molecule has 0 spiro atoms. The first-order valence-electron chi connectivity index (χ1n) is 8.41. The molecule has 0 saturated carbocycles. The zero-order valence-corrected chi connectivity index (χ0v) is 15.4. The van der Waals surface area contributed by atoms with Gasteiger partial charge in [0.25, 0.3) is 0 Å². The van der Waals surface area contributed by atoms with Gasteiger partial charge in [0.15, 0.2) is 5.96 Å². The van der Waals surface area contributed by atoms with Gasteiger partial charge in [0.1, 0.15) is 5.60 Å². The van der Waals surface area contributed by atoms with Gasteiger partial charge in [0.05, 0.1) is 6.54 Å². The number of nitrogens with two attached hydrogens (primary N) is 1. The molecule has 0 heterocycles. The summed E-state index contributed by atoms with van der Waals surface area (Å²) in [5.74, 6) is 0.344. The van der Waals surface area contributed by atoms with Crippen LogP contribution in [0, 0.1) is 0 Å². The van der Waals surface area contributed by atoms with Crippen molar-refractivity contribution in [2.75, 3.05) is 18.4 Å². The molecule has 0 aliphatic rings. The molecule has 0 aliphatic heterocycles. The predicted octanol–water partition coefficient (Wildman–Crippen LogP) is 3.06. The van der Waals surface area contributed by atoms with Crippen LogP contribution in [0.5, 0.6) is 0 Å². The average molecular weight is 334 g/mol. The van der Waals surface area contributed by atoms with Crippen molar-refractivity contribution in [2.24, 2.45) is 10.7 Å². The van der Waals surface area contributed by atoms with E-state index in [4.69, 9.17) is 10.5 Å². The number of benzene rings is 1. The average Bonchev–Trinajstić information content (AvgIpc) is 2.50. The largest absolute Gasteiger partial charge is 0.444 e. The van der Waals surface area contributed by atoms with Crippen molar-refractivity contribution in [3.05, 3.63) is 29.3 Å². The Morgan fingerprint density at radius 1 is 1.21 bits per heavy atom.